The summed E-state index contributed by atoms with van der Waals surface area (Å²) in [6, 6.07) is 19.9. The van der Waals surface area contributed by atoms with Crippen LogP contribution < -0.4 is 10.6 Å². The Morgan fingerprint density at radius 3 is 2.60 bits per heavy atom. The van der Waals surface area contributed by atoms with E-state index in [1.807, 2.05) is 0 Å². The molecular weight excluding hydrogens is 244 g/mol. The number of hydrogen-bond donors (Lipinski definition) is 2. The molecule has 1 atom stereocenters. The molecule has 1 aliphatic heterocycles. The normalized spacial score (nSPS) is 18.1. The van der Waals surface area contributed by atoms with Crippen LogP contribution in [0.3, 0.4) is 0 Å². The van der Waals surface area contributed by atoms with Gasteiger partial charge in [0.2, 0.25) is 0 Å². The zero-order valence-electron chi connectivity index (χ0n) is 11.8. The minimum atomic E-state index is 0.625. The SMILES string of the molecule is c1ccc(Cc2ccccc2NCC2CCCN2)cc1. The molecule has 0 bridgehead atoms. The Kier molecular flexibility index (Phi) is 4.34. The van der Waals surface area contributed by atoms with Crippen molar-refractivity contribution in [3.8, 4) is 0 Å². The van der Waals surface area contributed by atoms with Crippen LogP contribution in [0.15, 0.2) is 54.6 Å². The monoisotopic (exact) mass is 266 g/mol. The molecule has 2 N–H and O–H groups in total. The lowest BCUT2D eigenvalue weighted by Crippen LogP contribution is -2.29. The third-order valence-corrected chi connectivity index (χ3v) is 3.96. The van der Waals surface area contributed by atoms with Gasteiger partial charge in [0.15, 0.2) is 0 Å². The summed E-state index contributed by atoms with van der Waals surface area (Å²) in [6.07, 6.45) is 3.58. The van der Waals surface area contributed by atoms with Gasteiger partial charge in [-0.25, -0.2) is 0 Å². The van der Waals surface area contributed by atoms with E-state index in [9.17, 15) is 0 Å². The first-order valence-electron chi connectivity index (χ1n) is 7.51. The standard InChI is InChI=1S/C18H22N2/c1-2-7-15(8-3-1)13-16-9-4-5-11-18(16)20-14-17-10-6-12-19-17/h1-5,7-9,11,17,19-20H,6,10,12-14H2. The fourth-order valence-electron chi connectivity index (χ4n) is 2.83. The highest BCUT2D eigenvalue weighted by Crippen LogP contribution is 2.19. The maximum atomic E-state index is 3.61. The first kappa shape index (κ1) is 13.2. The average Bonchev–Trinajstić information content (AvgIpc) is 3.01. The fourth-order valence-corrected chi connectivity index (χ4v) is 2.83. The fraction of sp³-hybridized carbons (Fsp3) is 0.333. The molecule has 2 heteroatoms. The summed E-state index contributed by atoms with van der Waals surface area (Å²) >= 11 is 0. The zero-order valence-corrected chi connectivity index (χ0v) is 11.8. The molecule has 0 aromatic heterocycles. The molecule has 1 saturated heterocycles. The van der Waals surface area contributed by atoms with Gasteiger partial charge in [0.25, 0.3) is 0 Å². The van der Waals surface area contributed by atoms with Crippen molar-refractivity contribution >= 4 is 5.69 Å². The van der Waals surface area contributed by atoms with Crippen LogP contribution in [0.1, 0.15) is 24.0 Å². The lowest BCUT2D eigenvalue weighted by atomic mass is 10.0. The predicted octanol–water partition coefficient (Wildman–Crippen LogP) is 3.44. The third-order valence-electron chi connectivity index (χ3n) is 3.96. The van der Waals surface area contributed by atoms with Gasteiger partial charge in [-0.2, -0.15) is 0 Å². The Labute approximate surface area is 121 Å². The molecule has 1 unspecified atom stereocenters. The highest BCUT2D eigenvalue weighted by atomic mass is 15.0. The van der Waals surface area contributed by atoms with Crippen molar-refractivity contribution in [3.05, 3.63) is 65.7 Å². The molecular formula is C18H22N2. The largest absolute Gasteiger partial charge is 0.383 e. The molecule has 2 nitrogen and oxygen atoms in total. The van der Waals surface area contributed by atoms with Gasteiger partial charge in [0, 0.05) is 18.3 Å². The maximum Gasteiger partial charge on any atom is 0.0376 e. The summed E-state index contributed by atoms with van der Waals surface area (Å²) in [7, 11) is 0. The predicted molar refractivity (Wildman–Crippen MR) is 85.2 cm³/mol. The molecule has 0 saturated carbocycles. The van der Waals surface area contributed by atoms with Crippen LogP contribution in [0.5, 0.6) is 0 Å². The smallest absolute Gasteiger partial charge is 0.0376 e. The van der Waals surface area contributed by atoms with Gasteiger partial charge in [-0.05, 0) is 43.0 Å². The third kappa shape index (κ3) is 3.40. The molecule has 1 heterocycles. The van der Waals surface area contributed by atoms with Crippen LogP contribution in [0, 0.1) is 0 Å². The molecule has 1 aliphatic rings. The molecule has 0 aliphatic carbocycles. The highest BCUT2D eigenvalue weighted by molar-refractivity contribution is 5.52. The van der Waals surface area contributed by atoms with Gasteiger partial charge in [-0.1, -0.05) is 48.5 Å². The van der Waals surface area contributed by atoms with Crippen molar-refractivity contribution < 1.29 is 0 Å². The first-order valence-corrected chi connectivity index (χ1v) is 7.51. The average molecular weight is 266 g/mol. The Bertz CT molecular complexity index is 530. The molecule has 0 amide bonds. The van der Waals surface area contributed by atoms with E-state index in [1.165, 1.54) is 29.7 Å². The molecule has 20 heavy (non-hydrogen) atoms. The maximum absolute atomic E-state index is 3.61. The molecule has 2 aromatic rings. The number of anilines is 1. The van der Waals surface area contributed by atoms with Crippen LogP contribution in [0.2, 0.25) is 0 Å². The minimum Gasteiger partial charge on any atom is -0.383 e. The van der Waals surface area contributed by atoms with Crippen LogP contribution in [-0.4, -0.2) is 19.1 Å². The molecule has 3 rings (SSSR count). The van der Waals surface area contributed by atoms with Crippen LogP contribution in [0.25, 0.3) is 0 Å². The number of rotatable bonds is 5. The number of nitrogens with one attached hydrogen (secondary N) is 2. The van der Waals surface area contributed by atoms with Gasteiger partial charge < -0.3 is 10.6 Å². The van der Waals surface area contributed by atoms with Crippen molar-refractivity contribution in [2.45, 2.75) is 25.3 Å². The summed E-state index contributed by atoms with van der Waals surface area (Å²) in [6.45, 7) is 2.18. The van der Waals surface area contributed by atoms with E-state index < -0.39 is 0 Å². The molecule has 0 radical (unpaired) electrons. The van der Waals surface area contributed by atoms with E-state index in [-0.39, 0.29) is 0 Å². The summed E-state index contributed by atoms with van der Waals surface area (Å²) in [5.74, 6) is 0. The quantitative estimate of drug-likeness (QED) is 0.866. The van der Waals surface area contributed by atoms with Gasteiger partial charge in [0.1, 0.15) is 0 Å². The second-order valence-corrected chi connectivity index (χ2v) is 5.49. The Morgan fingerprint density at radius 1 is 1.00 bits per heavy atom. The number of hydrogen-bond acceptors (Lipinski definition) is 2. The van der Waals surface area contributed by atoms with Crippen molar-refractivity contribution in [3.63, 3.8) is 0 Å². The zero-order chi connectivity index (χ0) is 13.6. The summed E-state index contributed by atoms with van der Waals surface area (Å²) < 4.78 is 0. The van der Waals surface area contributed by atoms with E-state index in [4.69, 9.17) is 0 Å². The first-order chi connectivity index (χ1) is 9.92. The van der Waals surface area contributed by atoms with E-state index in [1.54, 1.807) is 0 Å². The Morgan fingerprint density at radius 2 is 1.80 bits per heavy atom. The van der Waals surface area contributed by atoms with Crippen LogP contribution in [0.4, 0.5) is 5.69 Å². The Balaban J connectivity index is 1.67. The van der Waals surface area contributed by atoms with Crippen molar-refractivity contribution in [1.29, 1.82) is 0 Å². The highest BCUT2D eigenvalue weighted by Gasteiger charge is 2.13. The van der Waals surface area contributed by atoms with Gasteiger partial charge in [0.05, 0.1) is 0 Å². The van der Waals surface area contributed by atoms with Gasteiger partial charge >= 0.3 is 0 Å². The van der Waals surface area contributed by atoms with E-state index in [2.05, 4.69) is 65.2 Å². The van der Waals surface area contributed by atoms with Crippen LogP contribution in [-0.2, 0) is 6.42 Å². The van der Waals surface area contributed by atoms with Gasteiger partial charge in [-0.15, -0.1) is 0 Å². The van der Waals surface area contributed by atoms with Crippen molar-refractivity contribution in [1.82, 2.24) is 5.32 Å². The molecule has 2 aromatic carbocycles. The summed E-state index contributed by atoms with van der Waals surface area (Å²) in [4.78, 5) is 0. The van der Waals surface area contributed by atoms with Gasteiger partial charge in [-0.3, -0.25) is 0 Å². The Hall–Kier alpha value is -1.80. The van der Waals surface area contributed by atoms with Crippen molar-refractivity contribution in [2.75, 3.05) is 18.4 Å². The molecule has 1 fully saturated rings. The van der Waals surface area contributed by atoms with E-state index in [0.29, 0.717) is 6.04 Å². The minimum absolute atomic E-state index is 0.625. The number of para-hydroxylation sites is 1. The lowest BCUT2D eigenvalue weighted by Gasteiger charge is -2.16. The van der Waals surface area contributed by atoms with Crippen LogP contribution >= 0.6 is 0 Å². The molecule has 0 spiro atoms. The van der Waals surface area contributed by atoms with Crippen molar-refractivity contribution in [2.24, 2.45) is 0 Å². The second kappa shape index (κ2) is 6.58. The summed E-state index contributed by atoms with van der Waals surface area (Å²) in [5, 5.41) is 7.15. The van der Waals surface area contributed by atoms with E-state index >= 15 is 0 Å². The lowest BCUT2D eigenvalue weighted by molar-refractivity contribution is 0.633. The van der Waals surface area contributed by atoms with E-state index in [0.717, 1.165) is 19.5 Å². The number of benzene rings is 2. The summed E-state index contributed by atoms with van der Waals surface area (Å²) in [5.41, 5.74) is 4.00. The second-order valence-electron chi connectivity index (χ2n) is 5.49. The molecule has 104 valence electrons. The topological polar surface area (TPSA) is 24.1 Å².